The van der Waals surface area contributed by atoms with Crippen LogP contribution in [0.1, 0.15) is 32.6 Å². The van der Waals surface area contributed by atoms with Gasteiger partial charge in [0.2, 0.25) is 11.8 Å². The van der Waals surface area contributed by atoms with Gasteiger partial charge in [-0.3, -0.25) is 19.4 Å². The molecule has 0 aliphatic carbocycles. The van der Waals surface area contributed by atoms with Crippen LogP contribution in [0.3, 0.4) is 0 Å². The second-order valence-corrected chi connectivity index (χ2v) is 5.16. The first-order valence-electron chi connectivity index (χ1n) is 7.00. The van der Waals surface area contributed by atoms with E-state index in [0.29, 0.717) is 25.6 Å². The normalized spacial score (nSPS) is 24.2. The first kappa shape index (κ1) is 13.5. The number of imide groups is 1. The minimum Gasteiger partial charge on any atom is -0.315 e. The van der Waals surface area contributed by atoms with Crippen molar-refractivity contribution in [2.75, 3.05) is 32.7 Å². The Balaban J connectivity index is 1.91. The maximum absolute atomic E-state index is 12.1. The molecule has 2 aliphatic heterocycles. The summed E-state index contributed by atoms with van der Waals surface area (Å²) in [5.41, 5.74) is 0. The van der Waals surface area contributed by atoms with Crippen molar-refractivity contribution in [1.29, 1.82) is 0 Å². The zero-order valence-electron chi connectivity index (χ0n) is 11.2. The predicted octanol–water partition coefficient (Wildman–Crippen LogP) is 0.209. The Bertz CT molecular complexity index is 313. The van der Waals surface area contributed by atoms with Crippen LogP contribution in [0, 0.1) is 0 Å². The molecule has 2 saturated heterocycles. The Labute approximate surface area is 108 Å². The number of carbonyl (C=O) groups excluding carboxylic acids is 2. The molecule has 0 spiro atoms. The van der Waals surface area contributed by atoms with E-state index in [4.69, 9.17) is 0 Å². The summed E-state index contributed by atoms with van der Waals surface area (Å²) >= 11 is 0. The van der Waals surface area contributed by atoms with Gasteiger partial charge in [-0.2, -0.15) is 0 Å². The summed E-state index contributed by atoms with van der Waals surface area (Å²) < 4.78 is 0. The van der Waals surface area contributed by atoms with Crippen LogP contribution in [0.4, 0.5) is 0 Å². The van der Waals surface area contributed by atoms with Crippen LogP contribution in [-0.4, -0.2) is 60.4 Å². The average Bonchev–Trinajstić information content (AvgIpc) is 2.98. The average molecular weight is 253 g/mol. The lowest BCUT2D eigenvalue weighted by molar-refractivity contribution is -0.142. The van der Waals surface area contributed by atoms with E-state index in [1.165, 1.54) is 4.90 Å². The fourth-order valence-corrected chi connectivity index (χ4v) is 2.80. The second-order valence-electron chi connectivity index (χ2n) is 5.16. The van der Waals surface area contributed by atoms with Gasteiger partial charge in [0.15, 0.2) is 0 Å². The van der Waals surface area contributed by atoms with E-state index in [9.17, 15) is 9.59 Å². The van der Waals surface area contributed by atoms with Crippen molar-refractivity contribution in [2.24, 2.45) is 0 Å². The maximum atomic E-state index is 12.1. The van der Waals surface area contributed by atoms with Crippen LogP contribution in [0.15, 0.2) is 0 Å². The first-order valence-corrected chi connectivity index (χ1v) is 7.00. The van der Waals surface area contributed by atoms with Gasteiger partial charge in [-0.15, -0.1) is 0 Å². The molecule has 102 valence electrons. The van der Waals surface area contributed by atoms with Crippen molar-refractivity contribution in [2.45, 2.75) is 38.6 Å². The summed E-state index contributed by atoms with van der Waals surface area (Å²) in [6.45, 7) is 6.05. The number of hydrogen-bond acceptors (Lipinski definition) is 4. The van der Waals surface area contributed by atoms with Crippen LogP contribution in [0.5, 0.6) is 0 Å². The molecule has 0 aromatic carbocycles. The first-order chi connectivity index (χ1) is 8.72. The molecule has 1 unspecified atom stereocenters. The Morgan fingerprint density at radius 2 is 2.39 bits per heavy atom. The molecule has 2 fully saturated rings. The maximum Gasteiger partial charge on any atom is 0.243 e. The van der Waals surface area contributed by atoms with Crippen molar-refractivity contribution in [3.8, 4) is 0 Å². The molecule has 0 aromatic heterocycles. The molecule has 1 N–H and O–H groups in total. The Morgan fingerprint density at radius 1 is 1.56 bits per heavy atom. The fourth-order valence-electron chi connectivity index (χ4n) is 2.80. The van der Waals surface area contributed by atoms with Gasteiger partial charge in [0.1, 0.15) is 0 Å². The summed E-state index contributed by atoms with van der Waals surface area (Å²) in [5, 5.41) is 3.33. The van der Waals surface area contributed by atoms with E-state index < -0.39 is 0 Å². The summed E-state index contributed by atoms with van der Waals surface area (Å²) in [6, 6.07) is 0.451. The van der Waals surface area contributed by atoms with Crippen molar-refractivity contribution >= 4 is 11.8 Å². The summed E-state index contributed by atoms with van der Waals surface area (Å²) in [4.78, 5) is 27.4. The lowest BCUT2D eigenvalue weighted by atomic mass is 10.2. The second kappa shape index (κ2) is 6.29. The van der Waals surface area contributed by atoms with Gasteiger partial charge in [-0.05, 0) is 32.4 Å². The molecule has 2 heterocycles. The fraction of sp³-hybridized carbons (Fsp3) is 0.846. The standard InChI is InChI=1S/C13H23N3O2/c1-2-7-15(11-5-6-14-9-11)10-13(18)16-8-3-4-12(16)17/h11,14H,2-10H2,1H3. The van der Waals surface area contributed by atoms with Gasteiger partial charge in [0.25, 0.3) is 0 Å². The largest absolute Gasteiger partial charge is 0.315 e. The Morgan fingerprint density at radius 3 is 2.94 bits per heavy atom. The highest BCUT2D eigenvalue weighted by molar-refractivity contribution is 5.97. The predicted molar refractivity (Wildman–Crippen MR) is 69.1 cm³/mol. The molecule has 18 heavy (non-hydrogen) atoms. The molecule has 0 bridgehead atoms. The molecule has 2 rings (SSSR count). The lowest BCUT2D eigenvalue weighted by Gasteiger charge is -2.28. The number of rotatable bonds is 5. The quantitative estimate of drug-likeness (QED) is 0.761. The SMILES string of the molecule is CCCN(CC(=O)N1CCCC1=O)C1CCNC1. The molecule has 5 heteroatoms. The molecule has 5 nitrogen and oxygen atoms in total. The van der Waals surface area contributed by atoms with Crippen molar-refractivity contribution in [3.63, 3.8) is 0 Å². The summed E-state index contributed by atoms with van der Waals surface area (Å²) in [6.07, 6.45) is 3.49. The van der Waals surface area contributed by atoms with E-state index in [0.717, 1.165) is 38.9 Å². The van der Waals surface area contributed by atoms with E-state index in [1.54, 1.807) is 0 Å². The molecule has 1 atom stereocenters. The van der Waals surface area contributed by atoms with Crippen LogP contribution >= 0.6 is 0 Å². The molecular formula is C13H23N3O2. The highest BCUT2D eigenvalue weighted by Gasteiger charge is 2.30. The minimum absolute atomic E-state index is 0.000922. The number of amides is 2. The number of nitrogens with zero attached hydrogens (tertiary/aromatic N) is 2. The van der Waals surface area contributed by atoms with E-state index in [-0.39, 0.29) is 11.8 Å². The lowest BCUT2D eigenvalue weighted by Crippen LogP contribution is -2.46. The smallest absolute Gasteiger partial charge is 0.243 e. The highest BCUT2D eigenvalue weighted by atomic mass is 16.2. The third kappa shape index (κ3) is 3.09. The van der Waals surface area contributed by atoms with Gasteiger partial charge in [-0.25, -0.2) is 0 Å². The van der Waals surface area contributed by atoms with Crippen molar-refractivity contribution < 1.29 is 9.59 Å². The monoisotopic (exact) mass is 253 g/mol. The van der Waals surface area contributed by atoms with Crippen LogP contribution in [0.2, 0.25) is 0 Å². The van der Waals surface area contributed by atoms with Crippen LogP contribution in [-0.2, 0) is 9.59 Å². The zero-order chi connectivity index (χ0) is 13.0. The van der Waals surface area contributed by atoms with E-state index in [2.05, 4.69) is 17.1 Å². The van der Waals surface area contributed by atoms with Gasteiger partial charge in [-0.1, -0.05) is 6.92 Å². The van der Waals surface area contributed by atoms with Gasteiger partial charge in [0, 0.05) is 25.6 Å². The molecule has 0 radical (unpaired) electrons. The Kier molecular flexibility index (Phi) is 4.72. The third-order valence-electron chi connectivity index (χ3n) is 3.77. The highest BCUT2D eigenvalue weighted by Crippen LogP contribution is 2.13. The number of hydrogen-bond donors (Lipinski definition) is 1. The van der Waals surface area contributed by atoms with Crippen LogP contribution in [0.25, 0.3) is 0 Å². The topological polar surface area (TPSA) is 52.7 Å². The molecular weight excluding hydrogens is 230 g/mol. The third-order valence-corrected chi connectivity index (χ3v) is 3.77. The van der Waals surface area contributed by atoms with Gasteiger partial charge < -0.3 is 5.32 Å². The summed E-state index contributed by atoms with van der Waals surface area (Å²) in [7, 11) is 0. The Hall–Kier alpha value is -0.940. The van der Waals surface area contributed by atoms with Gasteiger partial charge >= 0.3 is 0 Å². The van der Waals surface area contributed by atoms with Crippen molar-refractivity contribution in [1.82, 2.24) is 15.1 Å². The number of likely N-dealkylation sites (tertiary alicyclic amines) is 1. The molecule has 0 aromatic rings. The number of nitrogens with one attached hydrogen (secondary N) is 1. The minimum atomic E-state index is -0.0159. The van der Waals surface area contributed by atoms with Crippen molar-refractivity contribution in [3.05, 3.63) is 0 Å². The summed E-state index contributed by atoms with van der Waals surface area (Å²) in [5.74, 6) is -0.0150. The zero-order valence-corrected chi connectivity index (χ0v) is 11.2. The molecule has 2 aliphatic rings. The van der Waals surface area contributed by atoms with E-state index in [1.807, 2.05) is 0 Å². The van der Waals surface area contributed by atoms with Gasteiger partial charge in [0.05, 0.1) is 6.54 Å². The van der Waals surface area contributed by atoms with E-state index >= 15 is 0 Å². The molecule has 2 amide bonds. The molecule has 0 saturated carbocycles. The van der Waals surface area contributed by atoms with Crippen LogP contribution < -0.4 is 5.32 Å². The number of carbonyl (C=O) groups is 2.